The van der Waals surface area contributed by atoms with Crippen LogP contribution in [0.2, 0.25) is 5.02 Å². The molecule has 24 heavy (non-hydrogen) atoms. The second kappa shape index (κ2) is 6.92. The van der Waals surface area contributed by atoms with Gasteiger partial charge in [0, 0.05) is 12.1 Å². The van der Waals surface area contributed by atoms with E-state index in [9.17, 15) is 18.0 Å². The van der Waals surface area contributed by atoms with Gasteiger partial charge in [0.25, 0.3) is 5.91 Å². The van der Waals surface area contributed by atoms with E-state index >= 15 is 0 Å². The third-order valence-corrected chi connectivity index (χ3v) is 5.36. The van der Waals surface area contributed by atoms with Gasteiger partial charge in [-0.1, -0.05) is 17.7 Å². The lowest BCUT2D eigenvalue weighted by atomic mass is 10.1. The van der Waals surface area contributed by atoms with Crippen molar-refractivity contribution < 1.29 is 18.0 Å². The average Bonchev–Trinajstić information content (AvgIpc) is 3.16. The Bertz CT molecular complexity index is 614. The third kappa shape index (κ3) is 3.54. The van der Waals surface area contributed by atoms with Crippen molar-refractivity contribution >= 4 is 17.5 Å². The van der Waals surface area contributed by atoms with Crippen molar-refractivity contribution in [2.75, 3.05) is 13.1 Å². The molecule has 1 aromatic rings. The monoisotopic (exact) mass is 360 g/mol. The molecule has 1 saturated heterocycles. The van der Waals surface area contributed by atoms with Gasteiger partial charge in [-0.3, -0.25) is 9.69 Å². The van der Waals surface area contributed by atoms with Gasteiger partial charge in [0.05, 0.1) is 16.1 Å². The molecule has 2 atom stereocenters. The molecule has 1 aliphatic heterocycles. The SMILES string of the molecule is O=C(N[C@@H]1CCC[C@@H]1N1CCCC1)c1cccc(C(F)(F)F)c1Cl. The number of nitrogens with zero attached hydrogens (tertiary/aromatic N) is 1. The zero-order valence-corrected chi connectivity index (χ0v) is 14.0. The van der Waals surface area contributed by atoms with Gasteiger partial charge in [0.15, 0.2) is 0 Å². The predicted octanol–water partition coefficient (Wildman–Crippen LogP) is 4.11. The van der Waals surface area contributed by atoms with E-state index < -0.39 is 22.7 Å². The van der Waals surface area contributed by atoms with Gasteiger partial charge in [-0.15, -0.1) is 0 Å². The number of likely N-dealkylation sites (tertiary alicyclic amines) is 1. The van der Waals surface area contributed by atoms with Crippen LogP contribution in [0, 0.1) is 0 Å². The Balaban J connectivity index is 1.75. The Kier molecular flexibility index (Phi) is 5.06. The molecule has 1 aliphatic carbocycles. The van der Waals surface area contributed by atoms with E-state index in [1.54, 1.807) is 0 Å². The van der Waals surface area contributed by atoms with Gasteiger partial charge in [0.2, 0.25) is 0 Å². The second-order valence-electron chi connectivity index (χ2n) is 6.49. The topological polar surface area (TPSA) is 32.3 Å². The van der Waals surface area contributed by atoms with Crippen LogP contribution < -0.4 is 5.32 Å². The molecule has 1 amide bonds. The lowest BCUT2D eigenvalue weighted by molar-refractivity contribution is -0.137. The highest BCUT2D eigenvalue weighted by Crippen LogP contribution is 2.36. The average molecular weight is 361 g/mol. The van der Waals surface area contributed by atoms with Crippen molar-refractivity contribution in [3.05, 3.63) is 34.3 Å². The van der Waals surface area contributed by atoms with Crippen molar-refractivity contribution in [1.82, 2.24) is 10.2 Å². The third-order valence-electron chi connectivity index (χ3n) is 4.95. The summed E-state index contributed by atoms with van der Waals surface area (Å²) >= 11 is 5.85. The number of halogens is 4. The molecule has 2 aliphatic rings. The number of hydrogen-bond donors (Lipinski definition) is 1. The largest absolute Gasteiger partial charge is 0.417 e. The van der Waals surface area contributed by atoms with Gasteiger partial charge in [-0.05, 0) is 57.3 Å². The Morgan fingerprint density at radius 2 is 1.88 bits per heavy atom. The highest BCUT2D eigenvalue weighted by atomic mass is 35.5. The minimum atomic E-state index is -4.57. The van der Waals surface area contributed by atoms with Crippen LogP contribution in [0.3, 0.4) is 0 Å². The summed E-state index contributed by atoms with van der Waals surface area (Å²) in [5, 5.41) is 2.38. The van der Waals surface area contributed by atoms with Crippen LogP contribution in [0.15, 0.2) is 18.2 Å². The molecule has 3 nitrogen and oxygen atoms in total. The van der Waals surface area contributed by atoms with Gasteiger partial charge in [-0.2, -0.15) is 13.2 Å². The maximum absolute atomic E-state index is 12.9. The van der Waals surface area contributed by atoms with E-state index in [0.29, 0.717) is 0 Å². The number of carbonyl (C=O) groups excluding carboxylic acids is 1. The van der Waals surface area contributed by atoms with Gasteiger partial charge in [0.1, 0.15) is 0 Å². The van der Waals surface area contributed by atoms with E-state index in [0.717, 1.165) is 51.3 Å². The van der Waals surface area contributed by atoms with Crippen LogP contribution >= 0.6 is 11.6 Å². The minimum Gasteiger partial charge on any atom is -0.348 e. The van der Waals surface area contributed by atoms with E-state index in [1.807, 2.05) is 0 Å². The Morgan fingerprint density at radius 1 is 1.17 bits per heavy atom. The van der Waals surface area contributed by atoms with E-state index in [-0.39, 0.29) is 17.6 Å². The van der Waals surface area contributed by atoms with Crippen LogP contribution in [0.4, 0.5) is 13.2 Å². The summed E-state index contributed by atoms with van der Waals surface area (Å²) in [5.74, 6) is -0.526. The summed E-state index contributed by atoms with van der Waals surface area (Å²) < 4.78 is 38.8. The number of amides is 1. The van der Waals surface area contributed by atoms with Crippen molar-refractivity contribution in [1.29, 1.82) is 0 Å². The molecule has 3 rings (SSSR count). The van der Waals surface area contributed by atoms with Crippen molar-refractivity contribution in [2.45, 2.75) is 50.4 Å². The maximum atomic E-state index is 12.9. The van der Waals surface area contributed by atoms with Crippen molar-refractivity contribution in [3.8, 4) is 0 Å². The van der Waals surface area contributed by atoms with E-state index in [1.165, 1.54) is 12.1 Å². The zero-order valence-electron chi connectivity index (χ0n) is 13.2. The molecule has 0 radical (unpaired) electrons. The quantitative estimate of drug-likeness (QED) is 0.880. The molecule has 1 heterocycles. The fourth-order valence-electron chi connectivity index (χ4n) is 3.79. The molecule has 0 unspecified atom stereocenters. The Hall–Kier alpha value is -1.27. The maximum Gasteiger partial charge on any atom is 0.417 e. The summed E-state index contributed by atoms with van der Waals surface area (Å²) in [6.07, 6.45) is 0.638. The first-order valence-corrected chi connectivity index (χ1v) is 8.66. The molecule has 0 spiro atoms. The summed E-state index contributed by atoms with van der Waals surface area (Å²) in [6, 6.07) is 3.70. The first-order chi connectivity index (χ1) is 11.4. The fourth-order valence-corrected chi connectivity index (χ4v) is 4.11. The van der Waals surface area contributed by atoms with E-state index in [2.05, 4.69) is 10.2 Å². The molecule has 1 N–H and O–H groups in total. The number of nitrogens with one attached hydrogen (secondary N) is 1. The van der Waals surface area contributed by atoms with Gasteiger partial charge >= 0.3 is 6.18 Å². The van der Waals surface area contributed by atoms with Crippen LogP contribution in [0.25, 0.3) is 0 Å². The summed E-state index contributed by atoms with van der Waals surface area (Å²) in [5.41, 5.74) is -1.09. The molecule has 132 valence electrons. The van der Waals surface area contributed by atoms with Crippen molar-refractivity contribution in [3.63, 3.8) is 0 Å². The first kappa shape index (κ1) is 17.5. The number of carbonyl (C=O) groups is 1. The van der Waals surface area contributed by atoms with Crippen LogP contribution in [0.1, 0.15) is 48.0 Å². The predicted molar refractivity (Wildman–Crippen MR) is 86.2 cm³/mol. The lowest BCUT2D eigenvalue weighted by Gasteiger charge is -2.29. The van der Waals surface area contributed by atoms with Crippen LogP contribution in [-0.2, 0) is 6.18 Å². The minimum absolute atomic E-state index is 0.0267. The normalized spacial score (nSPS) is 25.2. The molecule has 1 aromatic carbocycles. The molecule has 0 bridgehead atoms. The number of rotatable bonds is 3. The lowest BCUT2D eigenvalue weighted by Crippen LogP contribution is -2.47. The smallest absolute Gasteiger partial charge is 0.348 e. The molecule has 1 saturated carbocycles. The molecule has 2 fully saturated rings. The fraction of sp³-hybridized carbons (Fsp3) is 0.588. The van der Waals surface area contributed by atoms with Crippen LogP contribution in [-0.4, -0.2) is 36.0 Å². The Labute approximate surface area is 144 Å². The molecular weight excluding hydrogens is 341 g/mol. The van der Waals surface area contributed by atoms with Crippen LogP contribution in [0.5, 0.6) is 0 Å². The zero-order chi connectivity index (χ0) is 17.3. The summed E-state index contributed by atoms with van der Waals surface area (Å²) in [7, 11) is 0. The first-order valence-electron chi connectivity index (χ1n) is 8.28. The summed E-state index contributed by atoms with van der Waals surface area (Å²) in [4.78, 5) is 14.9. The number of benzene rings is 1. The summed E-state index contributed by atoms with van der Waals surface area (Å²) in [6.45, 7) is 2.06. The van der Waals surface area contributed by atoms with Crippen molar-refractivity contribution in [2.24, 2.45) is 0 Å². The van der Waals surface area contributed by atoms with Gasteiger partial charge in [-0.25, -0.2) is 0 Å². The highest BCUT2D eigenvalue weighted by molar-refractivity contribution is 6.34. The molecule has 0 aromatic heterocycles. The van der Waals surface area contributed by atoms with Gasteiger partial charge < -0.3 is 5.32 Å². The second-order valence-corrected chi connectivity index (χ2v) is 6.86. The van der Waals surface area contributed by atoms with E-state index in [4.69, 9.17) is 11.6 Å². The number of alkyl halides is 3. The molecular formula is C17H20ClF3N2O. The standard InChI is InChI=1S/C17H20ClF3N2O/c18-15-11(5-3-6-12(15)17(19,20)21)16(24)22-13-7-4-8-14(13)23-9-1-2-10-23/h3,5-6,13-14H,1-2,4,7-10H2,(H,22,24)/t13-,14+/m1/s1. The number of hydrogen-bond acceptors (Lipinski definition) is 2. The Morgan fingerprint density at radius 3 is 2.54 bits per heavy atom. The molecule has 7 heteroatoms. The highest BCUT2D eigenvalue weighted by Gasteiger charge is 2.37.